The zero-order valence-corrected chi connectivity index (χ0v) is 23.0. The number of anilines is 1. The Morgan fingerprint density at radius 2 is 1.63 bits per heavy atom. The highest BCUT2D eigenvalue weighted by Gasteiger charge is 2.23. The van der Waals surface area contributed by atoms with E-state index < -0.39 is 5.60 Å². The number of rotatable bonds is 7. The average molecular weight is 542 g/mol. The molecule has 5 nitrogen and oxygen atoms in total. The molecule has 0 atom stereocenters. The molecule has 0 saturated heterocycles. The van der Waals surface area contributed by atoms with E-state index in [0.717, 1.165) is 34.3 Å². The minimum Gasteiger partial charge on any atom is -0.497 e. The van der Waals surface area contributed by atoms with Crippen molar-refractivity contribution < 1.29 is 14.3 Å². The lowest BCUT2D eigenvalue weighted by molar-refractivity contribution is 0.0235. The Balaban J connectivity index is 0.000000402. The molecule has 0 bridgehead atoms. The molecule has 0 saturated carbocycles. The highest BCUT2D eigenvalue weighted by molar-refractivity contribution is 9.10. The second-order valence-electron chi connectivity index (χ2n) is 9.15. The van der Waals surface area contributed by atoms with Crippen LogP contribution in [0.5, 0.6) is 5.75 Å². The number of nitrogens with two attached hydrogens (primary N) is 1. The number of hydrogen-bond acceptors (Lipinski definition) is 4. The first-order valence-corrected chi connectivity index (χ1v) is 12.6. The van der Waals surface area contributed by atoms with Crippen molar-refractivity contribution in [2.24, 2.45) is 0 Å². The Morgan fingerprint density at radius 3 is 2.20 bits per heavy atom. The molecule has 6 heteroatoms. The summed E-state index contributed by atoms with van der Waals surface area (Å²) < 4.78 is 11.8. The molecular weight excluding hydrogens is 504 g/mol. The zero-order chi connectivity index (χ0) is 25.8. The SMILES string of the molecule is CCc1ccccc1N.COc1ccc(Br)c(CN(CCc2ccccc2)C(=O)OC(C)(C)C)c1. The van der Waals surface area contributed by atoms with Gasteiger partial charge in [0.15, 0.2) is 0 Å². The second kappa shape index (κ2) is 13.8. The number of aryl methyl sites for hydroxylation is 1. The monoisotopic (exact) mass is 540 g/mol. The quantitative estimate of drug-likeness (QED) is 0.320. The van der Waals surface area contributed by atoms with Crippen LogP contribution in [0.4, 0.5) is 10.5 Å². The molecule has 1 amide bonds. The standard InChI is InChI=1S/C21H26BrNO3.C8H11N/c1-21(2,3)26-20(24)23(13-12-16-8-6-5-7-9-16)15-17-14-18(25-4)10-11-19(17)22;1-2-7-5-3-4-6-8(7)9/h5-11,14H,12-13,15H2,1-4H3;3-6H,2,9H2,1H3. The van der Waals surface area contributed by atoms with Gasteiger partial charge in [-0.25, -0.2) is 4.79 Å². The molecule has 0 aliphatic rings. The number of nitrogen functional groups attached to an aromatic ring is 1. The van der Waals surface area contributed by atoms with Crippen LogP contribution >= 0.6 is 15.9 Å². The van der Waals surface area contributed by atoms with Gasteiger partial charge in [-0.3, -0.25) is 0 Å². The zero-order valence-electron chi connectivity index (χ0n) is 21.4. The van der Waals surface area contributed by atoms with Gasteiger partial charge in [0, 0.05) is 16.7 Å². The van der Waals surface area contributed by atoms with Crippen molar-refractivity contribution in [3.05, 3.63) is 94.0 Å². The Kier molecular flexibility index (Phi) is 11.1. The van der Waals surface area contributed by atoms with Gasteiger partial charge in [-0.15, -0.1) is 0 Å². The van der Waals surface area contributed by atoms with Crippen molar-refractivity contribution in [2.45, 2.75) is 52.7 Å². The molecule has 3 aromatic rings. The van der Waals surface area contributed by atoms with E-state index in [9.17, 15) is 4.79 Å². The van der Waals surface area contributed by atoms with E-state index in [2.05, 4.69) is 41.1 Å². The van der Waals surface area contributed by atoms with E-state index in [1.165, 1.54) is 11.1 Å². The summed E-state index contributed by atoms with van der Waals surface area (Å²) >= 11 is 3.56. The van der Waals surface area contributed by atoms with Crippen molar-refractivity contribution in [1.82, 2.24) is 4.90 Å². The number of carbonyl (C=O) groups excluding carboxylic acids is 1. The average Bonchev–Trinajstić information content (AvgIpc) is 2.83. The fourth-order valence-electron chi connectivity index (χ4n) is 3.33. The van der Waals surface area contributed by atoms with Crippen molar-refractivity contribution in [3.63, 3.8) is 0 Å². The molecule has 0 radical (unpaired) electrons. The van der Waals surface area contributed by atoms with E-state index >= 15 is 0 Å². The summed E-state index contributed by atoms with van der Waals surface area (Å²) in [6, 6.07) is 23.8. The Labute approximate surface area is 218 Å². The Bertz CT molecular complexity index is 1070. The van der Waals surface area contributed by atoms with E-state index in [-0.39, 0.29) is 6.09 Å². The molecule has 0 unspecified atom stereocenters. The van der Waals surface area contributed by atoms with Gasteiger partial charge in [0.25, 0.3) is 0 Å². The topological polar surface area (TPSA) is 64.8 Å². The normalized spacial score (nSPS) is 10.7. The second-order valence-corrected chi connectivity index (χ2v) is 10.0. The molecule has 3 aromatic carbocycles. The fourth-order valence-corrected chi connectivity index (χ4v) is 3.70. The minimum atomic E-state index is -0.534. The first kappa shape index (κ1) is 28.2. The maximum Gasteiger partial charge on any atom is 0.410 e. The predicted octanol–water partition coefficient (Wildman–Crippen LogP) is 7.27. The summed E-state index contributed by atoms with van der Waals surface area (Å²) in [4.78, 5) is 14.4. The van der Waals surface area contributed by atoms with Gasteiger partial charge in [0.1, 0.15) is 11.4 Å². The summed E-state index contributed by atoms with van der Waals surface area (Å²) in [6.07, 6.45) is 1.47. The van der Waals surface area contributed by atoms with Crippen LogP contribution in [0.2, 0.25) is 0 Å². The van der Waals surface area contributed by atoms with Crippen LogP contribution in [-0.2, 0) is 24.1 Å². The molecule has 3 rings (SSSR count). The van der Waals surface area contributed by atoms with Crippen LogP contribution in [0.3, 0.4) is 0 Å². The fraction of sp³-hybridized carbons (Fsp3) is 0.345. The number of hydrogen-bond donors (Lipinski definition) is 1. The molecule has 0 spiro atoms. The van der Waals surface area contributed by atoms with E-state index in [0.29, 0.717) is 13.1 Å². The number of para-hydroxylation sites is 1. The first-order valence-electron chi connectivity index (χ1n) is 11.8. The number of nitrogens with zero attached hydrogens (tertiary/aromatic N) is 1. The van der Waals surface area contributed by atoms with Crippen LogP contribution in [-0.4, -0.2) is 30.2 Å². The van der Waals surface area contributed by atoms with Crippen molar-refractivity contribution in [3.8, 4) is 5.75 Å². The predicted molar refractivity (Wildman–Crippen MR) is 148 cm³/mol. The van der Waals surface area contributed by atoms with Gasteiger partial charge in [-0.1, -0.05) is 71.4 Å². The first-order chi connectivity index (χ1) is 16.6. The molecule has 0 aliphatic carbocycles. The van der Waals surface area contributed by atoms with Crippen molar-refractivity contribution in [1.29, 1.82) is 0 Å². The van der Waals surface area contributed by atoms with E-state index in [1.54, 1.807) is 12.0 Å². The maximum absolute atomic E-state index is 12.7. The Morgan fingerprint density at radius 1 is 0.971 bits per heavy atom. The van der Waals surface area contributed by atoms with Gasteiger partial charge in [0.05, 0.1) is 13.7 Å². The summed E-state index contributed by atoms with van der Waals surface area (Å²) in [6.45, 7) is 8.75. The van der Waals surface area contributed by atoms with Crippen LogP contribution in [0.1, 0.15) is 44.4 Å². The van der Waals surface area contributed by atoms with Gasteiger partial charge < -0.3 is 20.1 Å². The number of methoxy groups -OCH3 is 1. The third-order valence-electron chi connectivity index (χ3n) is 5.22. The van der Waals surface area contributed by atoms with Gasteiger partial charge >= 0.3 is 6.09 Å². The number of benzene rings is 3. The molecule has 188 valence electrons. The molecule has 2 N–H and O–H groups in total. The van der Waals surface area contributed by atoms with Crippen LogP contribution in [0.15, 0.2) is 77.3 Å². The smallest absolute Gasteiger partial charge is 0.410 e. The summed E-state index contributed by atoms with van der Waals surface area (Å²) in [5, 5.41) is 0. The lowest BCUT2D eigenvalue weighted by atomic mass is 10.1. The van der Waals surface area contributed by atoms with Gasteiger partial charge in [-0.05, 0) is 74.6 Å². The third kappa shape index (κ3) is 10.0. The molecular formula is C29H37BrN2O3. The Hall–Kier alpha value is -2.99. The molecule has 0 aromatic heterocycles. The molecule has 0 aliphatic heterocycles. The molecule has 0 heterocycles. The molecule has 35 heavy (non-hydrogen) atoms. The lowest BCUT2D eigenvalue weighted by Crippen LogP contribution is -2.37. The van der Waals surface area contributed by atoms with E-state index in [1.807, 2.05) is 75.4 Å². The number of carbonyl (C=O) groups is 1. The van der Waals surface area contributed by atoms with Crippen molar-refractivity contribution >= 4 is 27.7 Å². The van der Waals surface area contributed by atoms with Gasteiger partial charge in [-0.2, -0.15) is 0 Å². The highest BCUT2D eigenvalue weighted by Crippen LogP contribution is 2.25. The number of amides is 1. The van der Waals surface area contributed by atoms with Crippen LogP contribution in [0, 0.1) is 0 Å². The van der Waals surface area contributed by atoms with Crippen LogP contribution < -0.4 is 10.5 Å². The summed E-state index contributed by atoms with van der Waals surface area (Å²) in [5.74, 6) is 0.760. The van der Waals surface area contributed by atoms with Gasteiger partial charge in [0.2, 0.25) is 0 Å². The minimum absolute atomic E-state index is 0.317. The third-order valence-corrected chi connectivity index (χ3v) is 5.99. The largest absolute Gasteiger partial charge is 0.497 e. The lowest BCUT2D eigenvalue weighted by Gasteiger charge is -2.28. The van der Waals surface area contributed by atoms with E-state index in [4.69, 9.17) is 15.2 Å². The highest BCUT2D eigenvalue weighted by atomic mass is 79.9. The molecule has 0 fully saturated rings. The summed E-state index contributed by atoms with van der Waals surface area (Å²) in [5.41, 5.74) is 9.39. The van der Waals surface area contributed by atoms with Crippen molar-refractivity contribution in [2.75, 3.05) is 19.4 Å². The number of ether oxygens (including phenoxy) is 2. The maximum atomic E-state index is 12.7. The summed E-state index contributed by atoms with van der Waals surface area (Å²) in [7, 11) is 1.63. The van der Waals surface area contributed by atoms with Crippen LogP contribution in [0.25, 0.3) is 0 Å². The number of halogens is 1.